The second-order valence-corrected chi connectivity index (χ2v) is 6.99. The summed E-state index contributed by atoms with van der Waals surface area (Å²) in [5.41, 5.74) is 2.03. The third-order valence-corrected chi connectivity index (χ3v) is 4.89. The van der Waals surface area contributed by atoms with E-state index in [0.717, 1.165) is 30.1 Å². The Kier molecular flexibility index (Phi) is 4.18. The Bertz CT molecular complexity index is 510. The van der Waals surface area contributed by atoms with Crippen LogP contribution in [0.1, 0.15) is 46.0 Å². The van der Waals surface area contributed by atoms with Crippen molar-refractivity contribution < 1.29 is 4.79 Å². The fraction of sp³-hybridized carbons (Fsp3) is 0.611. The average molecular weight is 286 g/mol. The first-order chi connectivity index (χ1) is 10.1. The molecule has 2 aliphatic rings. The van der Waals surface area contributed by atoms with Gasteiger partial charge in [0.2, 0.25) is 5.91 Å². The number of nitrogens with one attached hydrogen (secondary N) is 2. The molecule has 2 aliphatic carbocycles. The minimum Gasteiger partial charge on any atom is -0.382 e. The minimum absolute atomic E-state index is 0.173. The monoisotopic (exact) mass is 286 g/mol. The first kappa shape index (κ1) is 14.4. The van der Waals surface area contributed by atoms with E-state index in [-0.39, 0.29) is 11.8 Å². The maximum absolute atomic E-state index is 11.8. The highest BCUT2D eigenvalue weighted by molar-refractivity contribution is 5.94. The van der Waals surface area contributed by atoms with Gasteiger partial charge in [0.05, 0.1) is 0 Å². The van der Waals surface area contributed by atoms with E-state index < -0.39 is 0 Å². The Morgan fingerprint density at radius 2 is 1.86 bits per heavy atom. The molecule has 0 aliphatic heterocycles. The van der Waals surface area contributed by atoms with Crippen LogP contribution in [0.25, 0.3) is 0 Å². The number of anilines is 2. The molecule has 3 rings (SSSR count). The molecule has 3 atom stereocenters. The van der Waals surface area contributed by atoms with Crippen LogP contribution < -0.4 is 10.6 Å². The molecule has 0 saturated heterocycles. The van der Waals surface area contributed by atoms with Gasteiger partial charge >= 0.3 is 0 Å². The smallest absolute Gasteiger partial charge is 0.227 e. The first-order valence-corrected chi connectivity index (χ1v) is 8.29. The largest absolute Gasteiger partial charge is 0.382 e. The van der Waals surface area contributed by atoms with Crippen LogP contribution in [0.2, 0.25) is 0 Å². The van der Waals surface area contributed by atoms with Gasteiger partial charge in [-0.25, -0.2) is 0 Å². The average Bonchev–Trinajstić information content (AvgIpc) is 3.28. The number of amides is 1. The number of carbonyl (C=O) groups excluding carboxylic acids is 1. The van der Waals surface area contributed by atoms with E-state index in [4.69, 9.17) is 0 Å². The van der Waals surface area contributed by atoms with Gasteiger partial charge in [0.1, 0.15) is 0 Å². The molecular formula is C18H26N2O. The summed E-state index contributed by atoms with van der Waals surface area (Å²) in [5.74, 6) is 1.94. The van der Waals surface area contributed by atoms with E-state index in [1.165, 1.54) is 19.3 Å². The van der Waals surface area contributed by atoms with Gasteiger partial charge in [-0.05, 0) is 55.7 Å². The summed E-state index contributed by atoms with van der Waals surface area (Å²) in [6.07, 6.45) is 5.97. The third kappa shape index (κ3) is 3.78. The summed E-state index contributed by atoms with van der Waals surface area (Å²) in [6, 6.07) is 8.69. The molecule has 0 heterocycles. The van der Waals surface area contributed by atoms with Gasteiger partial charge in [0.15, 0.2) is 0 Å². The molecule has 0 spiro atoms. The SMILES string of the molecule is CC1CCC(C)C(Nc2cccc(NC(=O)C3CC3)c2)C1. The number of hydrogen-bond acceptors (Lipinski definition) is 2. The van der Waals surface area contributed by atoms with Gasteiger partial charge < -0.3 is 10.6 Å². The molecule has 114 valence electrons. The molecule has 2 fully saturated rings. The highest BCUT2D eigenvalue weighted by Gasteiger charge is 2.29. The lowest BCUT2D eigenvalue weighted by atomic mass is 9.80. The van der Waals surface area contributed by atoms with Gasteiger partial charge in [0.25, 0.3) is 0 Å². The summed E-state index contributed by atoms with van der Waals surface area (Å²) < 4.78 is 0. The van der Waals surface area contributed by atoms with Crippen LogP contribution in [0.15, 0.2) is 24.3 Å². The summed E-state index contributed by atoms with van der Waals surface area (Å²) in [4.78, 5) is 11.8. The van der Waals surface area contributed by atoms with Crippen molar-refractivity contribution in [1.82, 2.24) is 0 Å². The summed E-state index contributed by atoms with van der Waals surface area (Å²) >= 11 is 0. The predicted octanol–water partition coefficient (Wildman–Crippen LogP) is 4.27. The molecule has 1 aromatic rings. The molecule has 1 aromatic carbocycles. The Morgan fingerprint density at radius 3 is 2.62 bits per heavy atom. The minimum atomic E-state index is 0.173. The molecule has 0 bridgehead atoms. The number of carbonyl (C=O) groups is 1. The van der Waals surface area contributed by atoms with Crippen molar-refractivity contribution in [1.29, 1.82) is 0 Å². The van der Waals surface area contributed by atoms with Crippen molar-refractivity contribution >= 4 is 17.3 Å². The van der Waals surface area contributed by atoms with Gasteiger partial charge in [-0.3, -0.25) is 4.79 Å². The lowest BCUT2D eigenvalue weighted by Gasteiger charge is -2.34. The quantitative estimate of drug-likeness (QED) is 0.867. The van der Waals surface area contributed by atoms with Crippen molar-refractivity contribution in [2.24, 2.45) is 17.8 Å². The van der Waals surface area contributed by atoms with E-state index in [1.54, 1.807) is 0 Å². The highest BCUT2D eigenvalue weighted by Crippen LogP contribution is 2.32. The Morgan fingerprint density at radius 1 is 1.10 bits per heavy atom. The fourth-order valence-corrected chi connectivity index (χ4v) is 3.22. The third-order valence-electron chi connectivity index (χ3n) is 4.89. The van der Waals surface area contributed by atoms with Crippen molar-refractivity contribution in [3.05, 3.63) is 24.3 Å². The van der Waals surface area contributed by atoms with Gasteiger partial charge in [-0.2, -0.15) is 0 Å². The zero-order valence-electron chi connectivity index (χ0n) is 13.1. The number of benzene rings is 1. The maximum atomic E-state index is 11.8. The van der Waals surface area contributed by atoms with Crippen molar-refractivity contribution in [3.63, 3.8) is 0 Å². The molecule has 3 unspecified atom stereocenters. The van der Waals surface area contributed by atoms with Crippen molar-refractivity contribution in [3.8, 4) is 0 Å². The molecule has 2 saturated carbocycles. The van der Waals surface area contributed by atoms with Crippen LogP contribution in [0.4, 0.5) is 11.4 Å². The van der Waals surface area contributed by atoms with Crippen LogP contribution in [-0.4, -0.2) is 11.9 Å². The van der Waals surface area contributed by atoms with Crippen LogP contribution in [0.3, 0.4) is 0 Å². The molecule has 21 heavy (non-hydrogen) atoms. The van der Waals surface area contributed by atoms with Gasteiger partial charge in [0, 0.05) is 23.3 Å². The highest BCUT2D eigenvalue weighted by atomic mass is 16.2. The molecular weight excluding hydrogens is 260 g/mol. The number of hydrogen-bond donors (Lipinski definition) is 2. The molecule has 0 aromatic heterocycles. The summed E-state index contributed by atoms with van der Waals surface area (Å²) in [7, 11) is 0. The van der Waals surface area contributed by atoms with Crippen LogP contribution in [0, 0.1) is 17.8 Å². The summed E-state index contributed by atoms with van der Waals surface area (Å²) in [5, 5.41) is 6.69. The zero-order chi connectivity index (χ0) is 14.8. The molecule has 2 N–H and O–H groups in total. The predicted molar refractivity (Wildman–Crippen MR) is 87.4 cm³/mol. The normalized spacial score (nSPS) is 29.0. The van der Waals surface area contributed by atoms with E-state index in [0.29, 0.717) is 12.0 Å². The topological polar surface area (TPSA) is 41.1 Å². The van der Waals surface area contributed by atoms with Crippen LogP contribution in [0.5, 0.6) is 0 Å². The lowest BCUT2D eigenvalue weighted by Crippen LogP contribution is -2.33. The summed E-state index contributed by atoms with van der Waals surface area (Å²) in [6.45, 7) is 4.68. The molecule has 1 amide bonds. The second kappa shape index (κ2) is 6.08. The van der Waals surface area contributed by atoms with E-state index in [1.807, 2.05) is 12.1 Å². The van der Waals surface area contributed by atoms with Crippen LogP contribution >= 0.6 is 0 Å². The van der Waals surface area contributed by atoms with Gasteiger partial charge in [-0.15, -0.1) is 0 Å². The number of rotatable bonds is 4. The first-order valence-electron chi connectivity index (χ1n) is 8.29. The van der Waals surface area contributed by atoms with Crippen molar-refractivity contribution in [2.75, 3.05) is 10.6 Å². The van der Waals surface area contributed by atoms with Crippen molar-refractivity contribution in [2.45, 2.75) is 52.0 Å². The Balaban J connectivity index is 1.63. The molecule has 3 heteroatoms. The van der Waals surface area contributed by atoms with Crippen LogP contribution in [-0.2, 0) is 4.79 Å². The molecule has 0 radical (unpaired) electrons. The fourth-order valence-electron chi connectivity index (χ4n) is 3.22. The Hall–Kier alpha value is -1.51. The Labute approximate surface area is 127 Å². The second-order valence-electron chi connectivity index (χ2n) is 6.99. The van der Waals surface area contributed by atoms with E-state index >= 15 is 0 Å². The van der Waals surface area contributed by atoms with E-state index in [9.17, 15) is 4.79 Å². The zero-order valence-corrected chi connectivity index (χ0v) is 13.1. The van der Waals surface area contributed by atoms with Gasteiger partial charge in [-0.1, -0.05) is 26.3 Å². The standard InChI is InChI=1S/C18H26N2O/c1-12-6-7-13(2)17(10-12)19-15-4-3-5-16(11-15)20-18(21)14-8-9-14/h3-5,11-14,17,19H,6-10H2,1-2H3,(H,20,21). The maximum Gasteiger partial charge on any atom is 0.227 e. The molecule has 3 nitrogen and oxygen atoms in total. The van der Waals surface area contributed by atoms with E-state index in [2.05, 4.69) is 36.6 Å². The lowest BCUT2D eigenvalue weighted by molar-refractivity contribution is -0.117.